The average Bonchev–Trinajstić information content (AvgIpc) is 3.21. The van der Waals surface area contributed by atoms with Gasteiger partial charge in [0.1, 0.15) is 11.9 Å². The minimum atomic E-state index is -0.689. The van der Waals surface area contributed by atoms with E-state index in [4.69, 9.17) is 4.74 Å². The van der Waals surface area contributed by atoms with Crippen LogP contribution >= 0.6 is 0 Å². The molecule has 35 heavy (non-hydrogen) atoms. The Morgan fingerprint density at radius 3 is 2.46 bits per heavy atom. The lowest BCUT2D eigenvalue weighted by molar-refractivity contribution is -0.161. The van der Waals surface area contributed by atoms with E-state index >= 15 is 0 Å². The zero-order valence-electron chi connectivity index (χ0n) is 21.5. The Morgan fingerprint density at radius 2 is 1.74 bits per heavy atom. The SMILES string of the molecule is CC(C(O)CO)[C@H]1CC[C@H]2[C@@H]3C(=O)CC4CC(OC(=O)c5ccccc5)CC[C@]4(C)[C@H]3CC[C@]12C. The first-order valence-corrected chi connectivity index (χ1v) is 13.8. The molecule has 4 saturated carbocycles. The van der Waals surface area contributed by atoms with Crippen molar-refractivity contribution in [1.29, 1.82) is 0 Å². The van der Waals surface area contributed by atoms with E-state index in [-0.39, 0.29) is 47.3 Å². The molecule has 0 amide bonds. The average molecular weight is 483 g/mol. The summed E-state index contributed by atoms with van der Waals surface area (Å²) in [7, 11) is 0. The predicted molar refractivity (Wildman–Crippen MR) is 134 cm³/mol. The molecular weight excluding hydrogens is 440 g/mol. The smallest absolute Gasteiger partial charge is 0.338 e. The van der Waals surface area contributed by atoms with Gasteiger partial charge in [0.2, 0.25) is 0 Å². The Kier molecular flexibility index (Phi) is 6.63. The van der Waals surface area contributed by atoms with Crippen molar-refractivity contribution in [3.8, 4) is 0 Å². The van der Waals surface area contributed by atoms with Crippen LogP contribution in [0.1, 0.15) is 82.5 Å². The fourth-order valence-corrected chi connectivity index (χ4v) is 9.13. The van der Waals surface area contributed by atoms with Crippen molar-refractivity contribution in [2.45, 2.75) is 84.3 Å². The van der Waals surface area contributed by atoms with E-state index in [0.29, 0.717) is 35.5 Å². The van der Waals surface area contributed by atoms with Crippen LogP contribution in [0, 0.1) is 46.3 Å². The zero-order chi connectivity index (χ0) is 25.0. The highest BCUT2D eigenvalue weighted by molar-refractivity contribution is 5.89. The number of aliphatic hydroxyl groups excluding tert-OH is 2. The molecule has 4 unspecified atom stereocenters. The predicted octanol–water partition coefficient (Wildman–Crippen LogP) is 5.04. The van der Waals surface area contributed by atoms with Gasteiger partial charge in [-0.15, -0.1) is 0 Å². The van der Waals surface area contributed by atoms with Crippen molar-refractivity contribution in [3.05, 3.63) is 35.9 Å². The zero-order valence-corrected chi connectivity index (χ0v) is 21.5. The molecule has 5 rings (SSSR count). The first-order valence-electron chi connectivity index (χ1n) is 13.8. The summed E-state index contributed by atoms with van der Waals surface area (Å²) in [4.78, 5) is 26.4. The molecule has 1 aromatic carbocycles. The van der Waals surface area contributed by atoms with Crippen LogP contribution in [0.4, 0.5) is 0 Å². The lowest BCUT2D eigenvalue weighted by Crippen LogP contribution is -2.57. The highest BCUT2D eigenvalue weighted by Crippen LogP contribution is 2.67. The summed E-state index contributed by atoms with van der Waals surface area (Å²) in [6.45, 7) is 6.64. The number of hydrogen-bond donors (Lipinski definition) is 2. The van der Waals surface area contributed by atoms with Crippen LogP contribution in [-0.2, 0) is 9.53 Å². The number of Topliss-reactive ketones (excluding diaryl/α,β-unsaturated/α-hetero) is 1. The van der Waals surface area contributed by atoms with Crippen molar-refractivity contribution in [2.24, 2.45) is 46.3 Å². The molecule has 0 saturated heterocycles. The summed E-state index contributed by atoms with van der Waals surface area (Å²) in [5.74, 6) is 1.71. The van der Waals surface area contributed by atoms with Gasteiger partial charge in [0.25, 0.3) is 0 Å². The van der Waals surface area contributed by atoms with Crippen LogP contribution < -0.4 is 0 Å². The van der Waals surface area contributed by atoms with E-state index in [1.807, 2.05) is 18.2 Å². The highest BCUT2D eigenvalue weighted by Gasteiger charge is 2.63. The van der Waals surface area contributed by atoms with Gasteiger partial charge < -0.3 is 14.9 Å². The number of benzene rings is 1. The maximum atomic E-state index is 13.7. The summed E-state index contributed by atoms with van der Waals surface area (Å²) in [6.07, 6.45) is 6.69. The minimum absolute atomic E-state index is 0.0447. The molecule has 4 fully saturated rings. The fourth-order valence-electron chi connectivity index (χ4n) is 9.13. The number of carbonyl (C=O) groups excluding carboxylic acids is 2. The molecule has 0 aromatic heterocycles. The van der Waals surface area contributed by atoms with E-state index in [1.165, 1.54) is 0 Å². The first kappa shape index (κ1) is 25.0. The van der Waals surface area contributed by atoms with Crippen LogP contribution in [0.25, 0.3) is 0 Å². The van der Waals surface area contributed by atoms with Gasteiger partial charge in [0.05, 0.1) is 18.3 Å². The molecule has 4 aliphatic rings. The Labute approximate surface area is 209 Å². The number of esters is 1. The molecule has 0 aliphatic heterocycles. The Bertz CT molecular complexity index is 945. The van der Waals surface area contributed by atoms with Gasteiger partial charge >= 0.3 is 5.97 Å². The quantitative estimate of drug-likeness (QED) is 0.575. The number of rotatable bonds is 5. The Morgan fingerprint density at radius 1 is 1.06 bits per heavy atom. The lowest BCUT2D eigenvalue weighted by Gasteiger charge is -2.60. The number of ketones is 1. The second-order valence-electron chi connectivity index (χ2n) is 12.6. The Hall–Kier alpha value is -1.72. The normalized spacial score (nSPS) is 42.4. The molecule has 1 aromatic rings. The second-order valence-corrected chi connectivity index (χ2v) is 12.6. The van der Waals surface area contributed by atoms with Gasteiger partial charge in [-0.25, -0.2) is 4.79 Å². The Balaban J connectivity index is 1.31. The third-order valence-electron chi connectivity index (χ3n) is 11.2. The number of aliphatic hydroxyl groups is 2. The summed E-state index contributed by atoms with van der Waals surface area (Å²) < 4.78 is 5.91. The van der Waals surface area contributed by atoms with Crippen LogP contribution in [0.2, 0.25) is 0 Å². The number of carbonyl (C=O) groups is 2. The summed E-state index contributed by atoms with van der Waals surface area (Å²) in [5, 5.41) is 19.9. The third-order valence-corrected chi connectivity index (χ3v) is 11.2. The lowest BCUT2D eigenvalue weighted by atomic mass is 9.44. The molecule has 5 nitrogen and oxygen atoms in total. The van der Waals surface area contributed by atoms with E-state index in [9.17, 15) is 19.8 Å². The monoisotopic (exact) mass is 482 g/mol. The van der Waals surface area contributed by atoms with Crippen molar-refractivity contribution < 1.29 is 24.5 Å². The second kappa shape index (κ2) is 9.30. The topological polar surface area (TPSA) is 83.8 Å². The molecule has 0 spiro atoms. The minimum Gasteiger partial charge on any atom is -0.459 e. The molecule has 0 radical (unpaired) electrons. The molecule has 0 bridgehead atoms. The van der Waals surface area contributed by atoms with Crippen molar-refractivity contribution in [3.63, 3.8) is 0 Å². The van der Waals surface area contributed by atoms with Gasteiger partial charge in [-0.2, -0.15) is 0 Å². The molecule has 0 heterocycles. The van der Waals surface area contributed by atoms with Gasteiger partial charge in [-0.05, 0) is 97.5 Å². The van der Waals surface area contributed by atoms with E-state index in [0.717, 1.165) is 44.9 Å². The molecule has 4 aliphatic carbocycles. The largest absolute Gasteiger partial charge is 0.459 e. The fraction of sp³-hybridized carbons (Fsp3) is 0.733. The van der Waals surface area contributed by atoms with Gasteiger partial charge in [0, 0.05) is 12.3 Å². The molecule has 192 valence electrons. The first-order chi connectivity index (χ1) is 16.7. The summed E-state index contributed by atoms with van der Waals surface area (Å²) in [5.41, 5.74) is 0.755. The maximum absolute atomic E-state index is 13.7. The van der Waals surface area contributed by atoms with E-state index in [1.54, 1.807) is 12.1 Å². The van der Waals surface area contributed by atoms with Crippen molar-refractivity contribution in [1.82, 2.24) is 0 Å². The molecular formula is C30H42O5. The van der Waals surface area contributed by atoms with E-state index in [2.05, 4.69) is 20.8 Å². The number of ether oxygens (including phenoxy) is 1. The maximum Gasteiger partial charge on any atom is 0.338 e. The van der Waals surface area contributed by atoms with Gasteiger partial charge in [-0.1, -0.05) is 39.0 Å². The molecule has 5 heteroatoms. The van der Waals surface area contributed by atoms with Crippen LogP contribution in [0.3, 0.4) is 0 Å². The van der Waals surface area contributed by atoms with Gasteiger partial charge in [-0.3, -0.25) is 4.79 Å². The summed E-state index contributed by atoms with van der Waals surface area (Å²) in [6, 6.07) is 9.18. The highest BCUT2D eigenvalue weighted by atomic mass is 16.5. The number of fused-ring (bicyclic) bond motifs is 5. The van der Waals surface area contributed by atoms with Crippen LogP contribution in [0.15, 0.2) is 30.3 Å². The van der Waals surface area contributed by atoms with Crippen molar-refractivity contribution >= 4 is 11.8 Å². The number of hydrogen-bond acceptors (Lipinski definition) is 5. The third kappa shape index (κ3) is 4.07. The van der Waals surface area contributed by atoms with Crippen molar-refractivity contribution in [2.75, 3.05) is 6.61 Å². The standard InChI is InChI=1S/C30H42O5/c1-18(26(33)17-31)22-9-10-23-27-24(12-14-30(22,23)3)29(2)13-11-21(15-20(29)16-25(27)32)35-28(34)19-7-5-4-6-8-19/h4-8,18,20-24,26-27,31,33H,9-17H2,1-3H3/t18?,20?,21?,22-,23+,24+,26?,27+,29+,30-/m1/s1. The van der Waals surface area contributed by atoms with Crippen LogP contribution in [0.5, 0.6) is 0 Å². The van der Waals surface area contributed by atoms with E-state index < -0.39 is 6.10 Å². The van der Waals surface area contributed by atoms with Gasteiger partial charge in [0.15, 0.2) is 0 Å². The molecule has 2 N–H and O–H groups in total. The summed E-state index contributed by atoms with van der Waals surface area (Å²) >= 11 is 0. The van der Waals surface area contributed by atoms with Crippen LogP contribution in [-0.4, -0.2) is 40.8 Å². The molecule has 10 atom stereocenters.